The van der Waals surface area contributed by atoms with E-state index >= 15 is 0 Å². The molecule has 0 unspecified atom stereocenters. The zero-order valence-corrected chi connectivity index (χ0v) is 17.0. The zero-order valence-electron chi connectivity index (χ0n) is 15.4. The molecular weight excluding hydrogens is 384 g/mol. The second-order valence-corrected chi connectivity index (χ2v) is 10.1. The summed E-state index contributed by atoms with van der Waals surface area (Å²) in [4.78, 5) is 1.79. The van der Waals surface area contributed by atoms with Gasteiger partial charge in [0, 0.05) is 23.7 Å². The Bertz CT molecular complexity index is 1040. The lowest BCUT2D eigenvalue weighted by molar-refractivity contribution is 0.433. The van der Waals surface area contributed by atoms with Crippen LogP contribution in [0.5, 0.6) is 0 Å². The molecule has 0 radical (unpaired) electrons. The first-order valence-corrected chi connectivity index (χ1v) is 11.3. The molecule has 0 saturated heterocycles. The maximum absolute atomic E-state index is 13.1. The van der Waals surface area contributed by atoms with E-state index in [0.29, 0.717) is 10.7 Å². The van der Waals surface area contributed by atoms with Crippen LogP contribution in [-0.4, -0.2) is 35.1 Å². The Kier molecular flexibility index (Phi) is 4.92. The number of nitrogens with zero attached hydrogens (tertiary/aromatic N) is 3. The quantitative estimate of drug-likeness (QED) is 0.655. The van der Waals surface area contributed by atoms with Crippen LogP contribution in [0.1, 0.15) is 41.1 Å². The molecule has 0 fully saturated rings. The summed E-state index contributed by atoms with van der Waals surface area (Å²) in [5.74, 6) is 0.574. The topological polar surface area (TPSA) is 92.1 Å². The van der Waals surface area contributed by atoms with Crippen molar-refractivity contribution in [1.82, 2.24) is 19.7 Å². The van der Waals surface area contributed by atoms with Gasteiger partial charge in [0.25, 0.3) is 0 Å². The molecule has 3 aromatic rings. The lowest BCUT2D eigenvalue weighted by Crippen LogP contribution is -2.27. The fourth-order valence-electron chi connectivity index (χ4n) is 3.51. The molecule has 1 aliphatic carbocycles. The predicted octanol–water partition coefficient (Wildman–Crippen LogP) is 3.52. The maximum atomic E-state index is 13.1. The molecule has 7 nitrogen and oxygen atoms in total. The highest BCUT2D eigenvalue weighted by Gasteiger charge is 2.28. The van der Waals surface area contributed by atoms with Crippen LogP contribution in [-0.2, 0) is 29.4 Å². The summed E-state index contributed by atoms with van der Waals surface area (Å²) in [6.45, 7) is 2.08. The Balaban J connectivity index is 1.60. The van der Waals surface area contributed by atoms with Crippen LogP contribution in [0.25, 0.3) is 10.6 Å². The number of aromatic amines is 1. The first-order chi connectivity index (χ1) is 13.0. The van der Waals surface area contributed by atoms with Crippen molar-refractivity contribution in [2.45, 2.75) is 50.5 Å². The normalized spacial score (nSPS) is 15.1. The highest BCUT2D eigenvalue weighted by Crippen LogP contribution is 2.35. The van der Waals surface area contributed by atoms with Gasteiger partial charge in [-0.2, -0.15) is 9.40 Å². The Morgan fingerprint density at radius 1 is 1.30 bits per heavy atom. The molecule has 3 heterocycles. The highest BCUT2D eigenvalue weighted by molar-refractivity contribution is 7.89. The molecule has 0 spiro atoms. The molecule has 4 rings (SSSR count). The third-order valence-electron chi connectivity index (χ3n) is 5.01. The molecule has 0 amide bonds. The molecule has 9 heteroatoms. The zero-order chi connectivity index (χ0) is 19.0. The van der Waals surface area contributed by atoms with Gasteiger partial charge in [0.05, 0.1) is 28.2 Å². The van der Waals surface area contributed by atoms with Crippen molar-refractivity contribution in [3.8, 4) is 10.6 Å². The van der Waals surface area contributed by atoms with Crippen molar-refractivity contribution in [1.29, 1.82) is 0 Å². The number of nitrogens with one attached hydrogen (secondary N) is 1. The van der Waals surface area contributed by atoms with E-state index in [-0.39, 0.29) is 6.54 Å². The first-order valence-electron chi connectivity index (χ1n) is 8.99. The summed E-state index contributed by atoms with van der Waals surface area (Å²) >= 11 is 1.39. The summed E-state index contributed by atoms with van der Waals surface area (Å²) < 4.78 is 32.8. The van der Waals surface area contributed by atoms with Gasteiger partial charge in [-0.15, -0.1) is 11.3 Å². The molecule has 0 aromatic carbocycles. The molecule has 0 saturated carbocycles. The van der Waals surface area contributed by atoms with Crippen molar-refractivity contribution in [2.75, 3.05) is 7.05 Å². The third kappa shape index (κ3) is 3.46. The molecular formula is C18H22N4O3S2. The van der Waals surface area contributed by atoms with Crippen molar-refractivity contribution < 1.29 is 12.9 Å². The summed E-state index contributed by atoms with van der Waals surface area (Å²) in [7, 11) is -2.01. The molecule has 0 bridgehead atoms. The van der Waals surface area contributed by atoms with E-state index in [1.54, 1.807) is 25.4 Å². The molecule has 0 aliphatic heterocycles. The van der Waals surface area contributed by atoms with Crippen molar-refractivity contribution in [2.24, 2.45) is 0 Å². The van der Waals surface area contributed by atoms with Crippen LogP contribution in [0.3, 0.4) is 0 Å². The fourth-order valence-corrected chi connectivity index (χ4v) is 6.15. The van der Waals surface area contributed by atoms with Gasteiger partial charge in [-0.25, -0.2) is 8.42 Å². The van der Waals surface area contributed by atoms with E-state index in [1.807, 2.05) is 6.92 Å². The van der Waals surface area contributed by atoms with Crippen molar-refractivity contribution in [3.05, 3.63) is 40.2 Å². The van der Waals surface area contributed by atoms with Crippen molar-refractivity contribution in [3.63, 3.8) is 0 Å². The van der Waals surface area contributed by atoms with E-state index in [2.05, 4.69) is 15.4 Å². The van der Waals surface area contributed by atoms with E-state index in [4.69, 9.17) is 4.52 Å². The first kappa shape index (κ1) is 18.4. The van der Waals surface area contributed by atoms with Gasteiger partial charge in [0.1, 0.15) is 0 Å². The molecule has 144 valence electrons. The number of H-pyrrole nitrogens is 1. The molecule has 0 atom stereocenters. The maximum Gasteiger partial charge on any atom is 0.244 e. The second-order valence-electron chi connectivity index (χ2n) is 6.86. The Hall–Kier alpha value is -1.97. The smallest absolute Gasteiger partial charge is 0.244 e. The molecule has 1 aliphatic rings. The van der Waals surface area contributed by atoms with Crippen LogP contribution in [0, 0.1) is 6.92 Å². The van der Waals surface area contributed by atoms with Crippen molar-refractivity contribution >= 4 is 21.4 Å². The Morgan fingerprint density at radius 3 is 2.89 bits per heavy atom. The minimum Gasteiger partial charge on any atom is -0.355 e. The van der Waals surface area contributed by atoms with E-state index in [0.717, 1.165) is 46.8 Å². The van der Waals surface area contributed by atoms with Crippen LogP contribution in [0.2, 0.25) is 0 Å². The number of fused-ring (bicyclic) bond motifs is 1. The lowest BCUT2D eigenvalue weighted by atomic mass is 10.1. The SMILES string of the molecule is Cc1sc(-c2ccno2)cc1S(=O)(=O)N(C)Cc1n[nH]c2c1CCCCC2. The third-order valence-corrected chi connectivity index (χ3v) is 8.13. The van der Waals surface area contributed by atoms with Crippen LogP contribution in [0.15, 0.2) is 27.7 Å². The number of sulfonamides is 1. The number of hydrogen-bond donors (Lipinski definition) is 1. The monoisotopic (exact) mass is 406 g/mol. The average molecular weight is 407 g/mol. The van der Waals surface area contributed by atoms with Crippen LogP contribution >= 0.6 is 11.3 Å². The number of rotatable bonds is 5. The lowest BCUT2D eigenvalue weighted by Gasteiger charge is -2.16. The second kappa shape index (κ2) is 7.21. The number of hydrogen-bond acceptors (Lipinski definition) is 6. The van der Waals surface area contributed by atoms with Gasteiger partial charge in [-0.1, -0.05) is 11.6 Å². The summed E-state index contributed by atoms with van der Waals surface area (Å²) in [6.07, 6.45) is 6.98. The van der Waals surface area contributed by atoms with Crippen LogP contribution < -0.4 is 0 Å². The molecule has 3 aromatic heterocycles. The van der Waals surface area contributed by atoms with Gasteiger partial charge in [0.15, 0.2) is 5.76 Å². The average Bonchev–Trinajstić information content (AvgIpc) is 3.33. The summed E-state index contributed by atoms with van der Waals surface area (Å²) in [5, 5.41) is 11.2. The van der Waals surface area contributed by atoms with Gasteiger partial charge >= 0.3 is 0 Å². The number of aromatic nitrogens is 3. The number of aryl methyl sites for hydroxylation is 2. The Labute approximate surface area is 162 Å². The summed E-state index contributed by atoms with van der Waals surface area (Å²) in [6, 6.07) is 3.39. The largest absolute Gasteiger partial charge is 0.355 e. The minimum atomic E-state index is -3.62. The van der Waals surface area contributed by atoms with Gasteiger partial charge in [-0.3, -0.25) is 5.10 Å². The summed E-state index contributed by atoms with van der Waals surface area (Å²) in [5.41, 5.74) is 3.19. The highest BCUT2D eigenvalue weighted by atomic mass is 32.2. The molecule has 27 heavy (non-hydrogen) atoms. The molecule has 1 N–H and O–H groups in total. The minimum absolute atomic E-state index is 0.265. The number of thiophene rings is 1. The van der Waals surface area contributed by atoms with E-state index in [1.165, 1.54) is 27.6 Å². The standard InChI is InChI=1S/C18H22N4O3S2/c1-12-18(10-17(26-12)16-8-9-19-25-16)27(23,24)22(2)11-15-13-6-4-3-5-7-14(13)20-21-15/h8-10H,3-7,11H2,1-2H3,(H,20,21). The van der Waals surface area contributed by atoms with Gasteiger partial charge < -0.3 is 4.52 Å². The van der Waals surface area contributed by atoms with Gasteiger partial charge in [-0.05, 0) is 44.2 Å². The van der Waals surface area contributed by atoms with E-state index < -0.39 is 10.0 Å². The van der Waals surface area contributed by atoms with Gasteiger partial charge in [0.2, 0.25) is 10.0 Å². The van der Waals surface area contributed by atoms with E-state index in [9.17, 15) is 8.42 Å². The van der Waals surface area contributed by atoms with Crippen LogP contribution in [0.4, 0.5) is 0 Å². The Morgan fingerprint density at radius 2 is 2.11 bits per heavy atom. The predicted molar refractivity (Wildman–Crippen MR) is 103 cm³/mol. The fraction of sp³-hybridized carbons (Fsp3) is 0.444.